The van der Waals surface area contributed by atoms with Crippen molar-refractivity contribution in [2.45, 2.75) is 6.92 Å². The van der Waals surface area contributed by atoms with Gasteiger partial charge < -0.3 is 23.7 Å². The molecule has 28 heavy (non-hydrogen) atoms. The molecule has 8 heteroatoms. The summed E-state index contributed by atoms with van der Waals surface area (Å²) in [7, 11) is 1.47. The van der Waals surface area contributed by atoms with Crippen molar-refractivity contribution in [3.05, 3.63) is 53.2 Å². The molecule has 0 radical (unpaired) electrons. The molecule has 0 aromatic heterocycles. The molecule has 0 saturated carbocycles. The van der Waals surface area contributed by atoms with E-state index in [2.05, 4.69) is 4.99 Å². The van der Waals surface area contributed by atoms with Crippen molar-refractivity contribution in [3.8, 4) is 23.0 Å². The van der Waals surface area contributed by atoms with Crippen LogP contribution in [0.2, 0.25) is 0 Å². The van der Waals surface area contributed by atoms with E-state index < -0.39 is 11.9 Å². The molecular formula is C20H15NO7. The van der Waals surface area contributed by atoms with E-state index in [0.29, 0.717) is 28.4 Å². The maximum atomic E-state index is 12.2. The molecule has 0 N–H and O–H groups in total. The fourth-order valence-corrected chi connectivity index (χ4v) is 2.74. The van der Waals surface area contributed by atoms with Gasteiger partial charge in [-0.3, -0.25) is 4.79 Å². The molecule has 0 bridgehead atoms. The number of carbonyl (C=O) groups is 2. The minimum absolute atomic E-state index is 0.117. The molecule has 0 fully saturated rings. The molecule has 142 valence electrons. The molecule has 0 spiro atoms. The maximum Gasteiger partial charge on any atom is 0.363 e. The molecule has 8 nitrogen and oxygen atoms in total. The van der Waals surface area contributed by atoms with Crippen LogP contribution in [0.4, 0.5) is 0 Å². The molecule has 2 heterocycles. The summed E-state index contributed by atoms with van der Waals surface area (Å²) >= 11 is 0. The standard InChI is InChI=1S/C20H15NO7/c1-11(22)27-18-8-12(3-5-15(18)24-2)7-14-20(23)28-19(21-14)13-4-6-16-17(9-13)26-10-25-16/h3-9H,10H2,1-2H3/b14-7-. The Morgan fingerprint density at radius 3 is 2.71 bits per heavy atom. The number of nitrogens with zero attached hydrogens (tertiary/aromatic N) is 1. The van der Waals surface area contributed by atoms with Crippen LogP contribution in [0.25, 0.3) is 6.08 Å². The van der Waals surface area contributed by atoms with Crippen LogP contribution in [0.5, 0.6) is 23.0 Å². The van der Waals surface area contributed by atoms with Crippen molar-refractivity contribution in [2.75, 3.05) is 13.9 Å². The number of cyclic esters (lactones) is 1. The molecule has 0 saturated heterocycles. The zero-order chi connectivity index (χ0) is 19.7. The van der Waals surface area contributed by atoms with Crippen LogP contribution in [-0.4, -0.2) is 31.7 Å². The van der Waals surface area contributed by atoms with Gasteiger partial charge >= 0.3 is 11.9 Å². The number of hydrogen-bond acceptors (Lipinski definition) is 8. The second-order valence-electron chi connectivity index (χ2n) is 5.91. The first-order valence-electron chi connectivity index (χ1n) is 8.32. The number of methoxy groups -OCH3 is 1. The summed E-state index contributed by atoms with van der Waals surface area (Å²) in [4.78, 5) is 27.7. The summed E-state index contributed by atoms with van der Waals surface area (Å²) in [6.07, 6.45) is 1.54. The van der Waals surface area contributed by atoms with E-state index in [9.17, 15) is 9.59 Å². The predicted octanol–water partition coefficient (Wildman–Crippen LogP) is 2.69. The van der Waals surface area contributed by atoms with Gasteiger partial charge in [0.25, 0.3) is 0 Å². The summed E-state index contributed by atoms with van der Waals surface area (Å²) in [5.41, 5.74) is 1.31. The zero-order valence-electron chi connectivity index (χ0n) is 15.1. The van der Waals surface area contributed by atoms with E-state index in [-0.39, 0.29) is 24.1 Å². The lowest BCUT2D eigenvalue weighted by Crippen LogP contribution is -2.05. The van der Waals surface area contributed by atoms with Crippen molar-refractivity contribution in [3.63, 3.8) is 0 Å². The smallest absolute Gasteiger partial charge is 0.363 e. The SMILES string of the molecule is COc1ccc(/C=C2\N=C(c3ccc4c(c3)OCO4)OC2=O)cc1OC(C)=O. The van der Waals surface area contributed by atoms with E-state index in [4.69, 9.17) is 23.7 Å². The Bertz CT molecular complexity index is 1040. The van der Waals surface area contributed by atoms with Crippen LogP contribution >= 0.6 is 0 Å². The quantitative estimate of drug-likeness (QED) is 0.457. The summed E-state index contributed by atoms with van der Waals surface area (Å²) in [5, 5.41) is 0. The highest BCUT2D eigenvalue weighted by Crippen LogP contribution is 2.34. The third kappa shape index (κ3) is 3.39. The molecule has 4 rings (SSSR count). The number of aliphatic imine (C=N–C) groups is 1. The second kappa shape index (κ2) is 7.07. The topological polar surface area (TPSA) is 92.7 Å². The fourth-order valence-electron chi connectivity index (χ4n) is 2.74. The molecular weight excluding hydrogens is 366 g/mol. The van der Waals surface area contributed by atoms with Gasteiger partial charge in [0.15, 0.2) is 28.7 Å². The predicted molar refractivity (Wildman–Crippen MR) is 97.5 cm³/mol. The highest BCUT2D eigenvalue weighted by molar-refractivity contribution is 6.13. The largest absolute Gasteiger partial charge is 0.493 e. The summed E-state index contributed by atoms with van der Waals surface area (Å²) in [5.74, 6) is 0.939. The second-order valence-corrected chi connectivity index (χ2v) is 5.91. The van der Waals surface area contributed by atoms with E-state index in [1.54, 1.807) is 36.4 Å². The highest BCUT2D eigenvalue weighted by Gasteiger charge is 2.26. The number of esters is 2. The van der Waals surface area contributed by atoms with Crippen LogP contribution in [-0.2, 0) is 14.3 Å². The molecule has 2 aromatic rings. The van der Waals surface area contributed by atoms with Crippen LogP contribution in [0, 0.1) is 0 Å². The Balaban J connectivity index is 1.64. The van der Waals surface area contributed by atoms with E-state index in [1.807, 2.05) is 0 Å². The average Bonchev–Trinajstić information content (AvgIpc) is 3.27. The van der Waals surface area contributed by atoms with Gasteiger partial charge in [-0.05, 0) is 42.0 Å². The zero-order valence-corrected chi connectivity index (χ0v) is 15.1. The molecule has 2 aliphatic rings. The molecule has 0 aliphatic carbocycles. The van der Waals surface area contributed by atoms with Gasteiger partial charge in [-0.1, -0.05) is 6.07 Å². The minimum atomic E-state index is -0.586. The first-order chi connectivity index (χ1) is 13.5. The lowest BCUT2D eigenvalue weighted by atomic mass is 10.1. The number of fused-ring (bicyclic) bond motifs is 1. The number of benzene rings is 2. The Morgan fingerprint density at radius 1 is 1.11 bits per heavy atom. The average molecular weight is 381 g/mol. The van der Waals surface area contributed by atoms with Gasteiger partial charge in [-0.2, -0.15) is 0 Å². The first-order valence-corrected chi connectivity index (χ1v) is 8.32. The van der Waals surface area contributed by atoms with Crippen LogP contribution < -0.4 is 18.9 Å². The van der Waals surface area contributed by atoms with Crippen LogP contribution in [0.15, 0.2) is 47.1 Å². The van der Waals surface area contributed by atoms with Crippen LogP contribution in [0.1, 0.15) is 18.1 Å². The minimum Gasteiger partial charge on any atom is -0.493 e. The van der Waals surface area contributed by atoms with Crippen molar-refractivity contribution in [1.29, 1.82) is 0 Å². The Kier molecular flexibility index (Phi) is 4.44. The third-order valence-corrected chi connectivity index (χ3v) is 3.98. The molecule has 0 atom stereocenters. The van der Waals surface area contributed by atoms with E-state index >= 15 is 0 Å². The van der Waals surface area contributed by atoms with Crippen molar-refractivity contribution < 1.29 is 33.3 Å². The fraction of sp³-hybridized carbons (Fsp3) is 0.150. The van der Waals surface area contributed by atoms with Gasteiger partial charge in [0.2, 0.25) is 12.7 Å². The van der Waals surface area contributed by atoms with Gasteiger partial charge in [0, 0.05) is 12.5 Å². The number of ether oxygens (including phenoxy) is 5. The number of carbonyl (C=O) groups excluding carboxylic acids is 2. The molecule has 2 aromatic carbocycles. The highest BCUT2D eigenvalue weighted by atomic mass is 16.7. The lowest BCUT2D eigenvalue weighted by molar-refractivity contribution is -0.132. The summed E-state index contributed by atoms with van der Waals surface area (Å²) < 4.78 is 26.2. The van der Waals surface area contributed by atoms with Crippen molar-refractivity contribution in [2.24, 2.45) is 4.99 Å². The van der Waals surface area contributed by atoms with Crippen LogP contribution in [0.3, 0.4) is 0 Å². The number of rotatable bonds is 4. The van der Waals surface area contributed by atoms with Gasteiger partial charge in [0.05, 0.1) is 7.11 Å². The molecule has 0 amide bonds. The first kappa shape index (κ1) is 17.6. The summed E-state index contributed by atoms with van der Waals surface area (Å²) in [6.45, 7) is 1.44. The van der Waals surface area contributed by atoms with Crippen molar-refractivity contribution >= 4 is 23.9 Å². The van der Waals surface area contributed by atoms with E-state index in [0.717, 1.165) is 0 Å². The van der Waals surface area contributed by atoms with Crippen molar-refractivity contribution in [1.82, 2.24) is 0 Å². The maximum absolute atomic E-state index is 12.2. The monoisotopic (exact) mass is 381 g/mol. The van der Waals surface area contributed by atoms with Gasteiger partial charge in [-0.25, -0.2) is 9.79 Å². The lowest BCUT2D eigenvalue weighted by Gasteiger charge is -2.08. The number of hydrogen-bond donors (Lipinski definition) is 0. The normalized spacial score (nSPS) is 16.0. The summed E-state index contributed by atoms with van der Waals surface area (Å²) in [6, 6.07) is 10.1. The Hall–Kier alpha value is -3.81. The van der Waals surface area contributed by atoms with Gasteiger partial charge in [0.1, 0.15) is 0 Å². The Labute approximate surface area is 159 Å². The molecule has 0 unspecified atom stereocenters. The third-order valence-electron chi connectivity index (χ3n) is 3.98. The van der Waals surface area contributed by atoms with E-state index in [1.165, 1.54) is 20.1 Å². The Morgan fingerprint density at radius 2 is 1.93 bits per heavy atom. The molecule has 2 aliphatic heterocycles. The van der Waals surface area contributed by atoms with Gasteiger partial charge in [-0.15, -0.1) is 0 Å².